The maximum Gasteiger partial charge on any atom is 0.224 e. The Morgan fingerprint density at radius 1 is 1.41 bits per heavy atom. The first-order valence-electron chi connectivity index (χ1n) is 5.15. The zero-order valence-corrected chi connectivity index (χ0v) is 10.1. The van der Waals surface area contributed by atoms with Crippen LogP contribution in [0.3, 0.4) is 0 Å². The van der Waals surface area contributed by atoms with Crippen molar-refractivity contribution in [3.05, 3.63) is 47.4 Å². The van der Waals surface area contributed by atoms with E-state index in [0.717, 1.165) is 5.56 Å². The predicted octanol–water partition coefficient (Wildman–Crippen LogP) is 2.94. The minimum atomic E-state index is -0.147. The van der Waals surface area contributed by atoms with Gasteiger partial charge in [0.15, 0.2) is 0 Å². The molecular formula is C12H12ClN3O. The van der Waals surface area contributed by atoms with E-state index >= 15 is 0 Å². The molecule has 2 aromatic rings. The van der Waals surface area contributed by atoms with E-state index in [1.54, 1.807) is 24.7 Å². The molecule has 2 heterocycles. The number of nitrogens with two attached hydrogens (primary N) is 1. The lowest BCUT2D eigenvalue weighted by molar-refractivity contribution is 0.450. The Kier molecular flexibility index (Phi) is 3.56. The summed E-state index contributed by atoms with van der Waals surface area (Å²) in [5.41, 5.74) is 6.68. The van der Waals surface area contributed by atoms with Crippen LogP contribution in [0.1, 0.15) is 18.5 Å². The average molecular weight is 250 g/mol. The van der Waals surface area contributed by atoms with Crippen molar-refractivity contribution >= 4 is 11.6 Å². The molecule has 0 aliphatic heterocycles. The summed E-state index contributed by atoms with van der Waals surface area (Å²) < 4.78 is 5.61. The fourth-order valence-corrected chi connectivity index (χ4v) is 1.56. The molecule has 0 saturated carbocycles. The van der Waals surface area contributed by atoms with E-state index < -0.39 is 0 Å². The molecule has 4 nitrogen and oxygen atoms in total. The summed E-state index contributed by atoms with van der Waals surface area (Å²) >= 11 is 5.83. The molecule has 1 atom stereocenters. The molecule has 0 fully saturated rings. The first kappa shape index (κ1) is 11.8. The summed E-state index contributed by atoms with van der Waals surface area (Å²) in [6, 6.07) is 5.23. The van der Waals surface area contributed by atoms with E-state index in [1.807, 2.05) is 19.1 Å². The molecule has 2 N–H and O–H groups in total. The van der Waals surface area contributed by atoms with E-state index in [4.69, 9.17) is 22.1 Å². The quantitative estimate of drug-likeness (QED) is 0.909. The van der Waals surface area contributed by atoms with Crippen LogP contribution in [0.4, 0.5) is 0 Å². The van der Waals surface area contributed by atoms with E-state index in [1.165, 1.54) is 0 Å². The van der Waals surface area contributed by atoms with Gasteiger partial charge in [-0.3, -0.25) is 4.98 Å². The lowest BCUT2D eigenvalue weighted by Gasteiger charge is -2.11. The molecule has 88 valence electrons. The van der Waals surface area contributed by atoms with Gasteiger partial charge >= 0.3 is 0 Å². The number of nitrogens with zero attached hydrogens (tertiary/aromatic N) is 2. The number of hydrogen-bond donors (Lipinski definition) is 1. The summed E-state index contributed by atoms with van der Waals surface area (Å²) in [5.74, 6) is 1.02. The van der Waals surface area contributed by atoms with Gasteiger partial charge in [0.2, 0.25) is 5.88 Å². The Balaban J connectivity index is 2.30. The topological polar surface area (TPSA) is 61.0 Å². The molecule has 0 spiro atoms. The van der Waals surface area contributed by atoms with Crippen LogP contribution < -0.4 is 10.5 Å². The van der Waals surface area contributed by atoms with Gasteiger partial charge in [0.05, 0.1) is 11.2 Å². The van der Waals surface area contributed by atoms with Crippen LogP contribution >= 0.6 is 11.6 Å². The second-order valence-corrected chi connectivity index (χ2v) is 4.06. The third-order valence-corrected chi connectivity index (χ3v) is 2.39. The lowest BCUT2D eigenvalue weighted by atomic mass is 10.1. The maximum atomic E-state index is 5.84. The Bertz CT molecular complexity index is 517. The fourth-order valence-electron chi connectivity index (χ4n) is 1.39. The third kappa shape index (κ3) is 2.93. The second-order valence-electron chi connectivity index (χ2n) is 3.63. The molecule has 0 aliphatic carbocycles. The molecule has 0 radical (unpaired) electrons. The first-order chi connectivity index (χ1) is 8.16. The minimum Gasteiger partial charge on any atom is -0.437 e. The standard InChI is InChI=1S/C12H12ClN3O/c1-8(14)11-3-2-4-16-12(11)17-10-5-9(13)6-15-7-10/h2-8H,14H2,1H3. The van der Waals surface area contributed by atoms with Gasteiger partial charge in [-0.1, -0.05) is 17.7 Å². The highest BCUT2D eigenvalue weighted by molar-refractivity contribution is 6.30. The summed E-state index contributed by atoms with van der Waals surface area (Å²) in [6.07, 6.45) is 4.77. The van der Waals surface area contributed by atoms with Crippen molar-refractivity contribution in [3.8, 4) is 11.6 Å². The molecule has 2 aromatic heterocycles. The van der Waals surface area contributed by atoms with Crippen molar-refractivity contribution in [3.63, 3.8) is 0 Å². The van der Waals surface area contributed by atoms with E-state index in [0.29, 0.717) is 16.7 Å². The highest BCUT2D eigenvalue weighted by Crippen LogP contribution is 2.26. The van der Waals surface area contributed by atoms with Gasteiger partial charge in [-0.05, 0) is 13.0 Å². The summed E-state index contributed by atoms with van der Waals surface area (Å²) in [7, 11) is 0. The monoisotopic (exact) mass is 249 g/mol. The summed E-state index contributed by atoms with van der Waals surface area (Å²) in [4.78, 5) is 8.09. The number of pyridine rings is 2. The van der Waals surface area contributed by atoms with Gasteiger partial charge in [-0.15, -0.1) is 0 Å². The molecule has 0 saturated heterocycles. The molecular weight excluding hydrogens is 238 g/mol. The molecule has 5 heteroatoms. The Morgan fingerprint density at radius 3 is 2.94 bits per heavy atom. The SMILES string of the molecule is CC(N)c1cccnc1Oc1cncc(Cl)c1. The molecule has 1 unspecified atom stereocenters. The van der Waals surface area contributed by atoms with Gasteiger partial charge < -0.3 is 10.5 Å². The Morgan fingerprint density at radius 2 is 2.24 bits per heavy atom. The van der Waals surface area contributed by atoms with Crippen molar-refractivity contribution in [2.45, 2.75) is 13.0 Å². The molecule has 0 aliphatic rings. The minimum absolute atomic E-state index is 0.147. The van der Waals surface area contributed by atoms with Crippen molar-refractivity contribution < 1.29 is 4.74 Å². The Hall–Kier alpha value is -1.65. The fraction of sp³-hybridized carbons (Fsp3) is 0.167. The zero-order valence-electron chi connectivity index (χ0n) is 9.30. The number of ether oxygens (including phenoxy) is 1. The third-order valence-electron chi connectivity index (χ3n) is 2.19. The van der Waals surface area contributed by atoms with E-state index in [-0.39, 0.29) is 6.04 Å². The van der Waals surface area contributed by atoms with Gasteiger partial charge in [0, 0.05) is 30.1 Å². The summed E-state index contributed by atoms with van der Waals surface area (Å²) in [5, 5.41) is 0.515. The average Bonchev–Trinajstić information content (AvgIpc) is 2.29. The van der Waals surface area contributed by atoms with Crippen molar-refractivity contribution in [1.29, 1.82) is 0 Å². The van der Waals surface area contributed by atoms with Crippen LogP contribution in [0.2, 0.25) is 5.02 Å². The molecule has 0 bridgehead atoms. The van der Waals surface area contributed by atoms with Crippen LogP contribution in [-0.4, -0.2) is 9.97 Å². The molecule has 17 heavy (non-hydrogen) atoms. The second kappa shape index (κ2) is 5.12. The van der Waals surface area contributed by atoms with Crippen molar-refractivity contribution in [2.24, 2.45) is 5.73 Å². The van der Waals surface area contributed by atoms with Gasteiger partial charge in [0.1, 0.15) is 5.75 Å². The maximum absolute atomic E-state index is 5.84. The molecule has 0 amide bonds. The Labute approximate surface area is 104 Å². The van der Waals surface area contributed by atoms with Crippen LogP contribution in [0.25, 0.3) is 0 Å². The van der Waals surface area contributed by atoms with Crippen LogP contribution in [0.15, 0.2) is 36.8 Å². The van der Waals surface area contributed by atoms with Gasteiger partial charge in [0.25, 0.3) is 0 Å². The largest absolute Gasteiger partial charge is 0.437 e. The lowest BCUT2D eigenvalue weighted by Crippen LogP contribution is -2.07. The van der Waals surface area contributed by atoms with Crippen LogP contribution in [-0.2, 0) is 0 Å². The van der Waals surface area contributed by atoms with Gasteiger partial charge in [-0.2, -0.15) is 0 Å². The molecule has 0 aromatic carbocycles. The normalized spacial score (nSPS) is 12.2. The van der Waals surface area contributed by atoms with Gasteiger partial charge in [-0.25, -0.2) is 4.98 Å². The van der Waals surface area contributed by atoms with E-state index in [9.17, 15) is 0 Å². The highest BCUT2D eigenvalue weighted by Gasteiger charge is 2.09. The smallest absolute Gasteiger partial charge is 0.224 e. The number of hydrogen-bond acceptors (Lipinski definition) is 4. The zero-order chi connectivity index (χ0) is 12.3. The molecule has 2 rings (SSSR count). The predicted molar refractivity (Wildman–Crippen MR) is 66.2 cm³/mol. The van der Waals surface area contributed by atoms with Crippen molar-refractivity contribution in [2.75, 3.05) is 0 Å². The van der Waals surface area contributed by atoms with E-state index in [2.05, 4.69) is 9.97 Å². The summed E-state index contributed by atoms with van der Waals surface area (Å²) in [6.45, 7) is 1.88. The van der Waals surface area contributed by atoms with Crippen LogP contribution in [0.5, 0.6) is 11.6 Å². The highest BCUT2D eigenvalue weighted by atomic mass is 35.5. The first-order valence-corrected chi connectivity index (χ1v) is 5.53. The number of rotatable bonds is 3. The number of aromatic nitrogens is 2. The number of halogens is 1. The van der Waals surface area contributed by atoms with Crippen molar-refractivity contribution in [1.82, 2.24) is 9.97 Å². The van der Waals surface area contributed by atoms with Crippen LogP contribution in [0, 0.1) is 0 Å².